The second-order valence-electron chi connectivity index (χ2n) is 3.36. The van der Waals surface area contributed by atoms with E-state index in [0.717, 1.165) is 0 Å². The van der Waals surface area contributed by atoms with Gasteiger partial charge in [0.05, 0.1) is 18.2 Å². The molecule has 5 nitrogen and oxygen atoms in total. The molecule has 0 spiro atoms. The van der Waals surface area contributed by atoms with Gasteiger partial charge in [-0.15, -0.1) is 0 Å². The Labute approximate surface area is 105 Å². The minimum absolute atomic E-state index is 0.404. The minimum Gasteiger partial charge on any atom is -0.490 e. The molecule has 0 saturated carbocycles. The molecule has 2 rings (SSSR count). The second kappa shape index (κ2) is 5.64. The highest BCUT2D eigenvalue weighted by Gasteiger charge is 2.08. The summed E-state index contributed by atoms with van der Waals surface area (Å²) in [5, 5.41) is 8.88. The van der Waals surface area contributed by atoms with E-state index >= 15 is 0 Å². The first-order valence-electron chi connectivity index (χ1n) is 5.44. The zero-order valence-corrected chi connectivity index (χ0v) is 9.83. The molecule has 0 amide bonds. The van der Waals surface area contributed by atoms with Gasteiger partial charge in [0.15, 0.2) is 11.5 Å². The number of ether oxygens (including phenoxy) is 2. The third-order valence-electron chi connectivity index (χ3n) is 2.14. The topological polar surface area (TPSA) is 68.0 Å². The normalized spacial score (nSPS) is 9.56. The molecule has 0 unspecified atom stereocenters. The van der Waals surface area contributed by atoms with Crippen molar-refractivity contribution < 1.29 is 9.47 Å². The summed E-state index contributed by atoms with van der Waals surface area (Å²) in [5.41, 5.74) is 0.502. The van der Waals surface area contributed by atoms with Crippen molar-refractivity contribution in [3.63, 3.8) is 0 Å². The van der Waals surface area contributed by atoms with Gasteiger partial charge in [-0.05, 0) is 19.1 Å². The molecular formula is C13H11N3O2. The summed E-state index contributed by atoms with van der Waals surface area (Å²) in [6.45, 7) is 2.40. The first-order valence-corrected chi connectivity index (χ1v) is 5.44. The Morgan fingerprint density at radius 2 is 2.17 bits per heavy atom. The van der Waals surface area contributed by atoms with E-state index in [1.807, 2.05) is 6.92 Å². The van der Waals surface area contributed by atoms with Crippen LogP contribution in [0.1, 0.15) is 12.5 Å². The van der Waals surface area contributed by atoms with Gasteiger partial charge < -0.3 is 9.47 Å². The number of benzene rings is 1. The van der Waals surface area contributed by atoms with Crippen LogP contribution in [0.3, 0.4) is 0 Å². The van der Waals surface area contributed by atoms with Crippen LogP contribution in [0.5, 0.6) is 17.4 Å². The molecule has 1 aromatic heterocycles. The van der Waals surface area contributed by atoms with Crippen molar-refractivity contribution in [2.24, 2.45) is 0 Å². The van der Waals surface area contributed by atoms with Gasteiger partial charge in [-0.25, -0.2) is 9.97 Å². The van der Waals surface area contributed by atoms with Gasteiger partial charge in [0.1, 0.15) is 6.33 Å². The standard InChI is InChI=1S/C13H11N3O2/c1-2-17-11-4-3-10(8-14)7-12(11)18-13-5-6-15-9-16-13/h3-7,9H,2H2,1H3. The molecule has 2 aromatic rings. The Kier molecular flexibility index (Phi) is 3.72. The second-order valence-corrected chi connectivity index (χ2v) is 3.36. The molecule has 90 valence electrons. The number of rotatable bonds is 4. The van der Waals surface area contributed by atoms with Crippen LogP contribution in [0, 0.1) is 11.3 Å². The lowest BCUT2D eigenvalue weighted by atomic mass is 10.2. The third-order valence-corrected chi connectivity index (χ3v) is 2.14. The molecule has 18 heavy (non-hydrogen) atoms. The van der Waals surface area contributed by atoms with Gasteiger partial charge in [-0.2, -0.15) is 5.26 Å². The van der Waals surface area contributed by atoms with Crippen molar-refractivity contribution in [2.45, 2.75) is 6.92 Å². The van der Waals surface area contributed by atoms with E-state index < -0.39 is 0 Å². The highest BCUT2D eigenvalue weighted by molar-refractivity contribution is 5.48. The molecule has 5 heteroatoms. The fourth-order valence-corrected chi connectivity index (χ4v) is 1.38. The highest BCUT2D eigenvalue weighted by Crippen LogP contribution is 2.31. The number of nitrogens with zero attached hydrogens (tertiary/aromatic N) is 3. The summed E-state index contributed by atoms with van der Waals surface area (Å²) in [6, 6.07) is 8.69. The number of hydrogen-bond acceptors (Lipinski definition) is 5. The Balaban J connectivity index is 2.32. The maximum absolute atomic E-state index is 8.88. The van der Waals surface area contributed by atoms with Gasteiger partial charge in [0.2, 0.25) is 5.88 Å². The van der Waals surface area contributed by atoms with E-state index in [-0.39, 0.29) is 0 Å². The molecule has 0 aliphatic heterocycles. The fourth-order valence-electron chi connectivity index (χ4n) is 1.38. The molecule has 0 saturated heterocycles. The van der Waals surface area contributed by atoms with Crippen molar-refractivity contribution >= 4 is 0 Å². The molecule has 0 aliphatic carbocycles. The molecule has 0 aliphatic rings. The van der Waals surface area contributed by atoms with Crippen molar-refractivity contribution in [3.05, 3.63) is 42.4 Å². The first-order chi connectivity index (χ1) is 8.83. The summed E-state index contributed by atoms with van der Waals surface area (Å²) in [5.74, 6) is 1.45. The van der Waals surface area contributed by atoms with Crippen molar-refractivity contribution in [1.82, 2.24) is 9.97 Å². The van der Waals surface area contributed by atoms with Crippen LogP contribution in [-0.4, -0.2) is 16.6 Å². The first kappa shape index (κ1) is 11.9. The predicted molar refractivity (Wildman–Crippen MR) is 64.4 cm³/mol. The van der Waals surface area contributed by atoms with Crippen molar-refractivity contribution in [3.8, 4) is 23.4 Å². The molecule has 0 atom stereocenters. The maximum atomic E-state index is 8.88. The van der Waals surface area contributed by atoms with Crippen molar-refractivity contribution in [1.29, 1.82) is 5.26 Å². The molecule has 1 heterocycles. The smallest absolute Gasteiger partial charge is 0.222 e. The monoisotopic (exact) mass is 241 g/mol. The number of aromatic nitrogens is 2. The van der Waals surface area contributed by atoms with Crippen LogP contribution in [0.25, 0.3) is 0 Å². The van der Waals surface area contributed by atoms with Crippen LogP contribution in [0.2, 0.25) is 0 Å². The Hall–Kier alpha value is -2.61. The lowest BCUT2D eigenvalue weighted by molar-refractivity contribution is 0.319. The zero-order chi connectivity index (χ0) is 12.8. The quantitative estimate of drug-likeness (QED) is 0.822. The molecular weight excluding hydrogens is 230 g/mol. The summed E-state index contributed by atoms with van der Waals surface area (Å²) in [7, 11) is 0. The number of nitriles is 1. The van der Waals surface area contributed by atoms with Gasteiger partial charge in [-0.1, -0.05) is 0 Å². The summed E-state index contributed by atoms with van der Waals surface area (Å²) in [6.07, 6.45) is 2.97. The van der Waals surface area contributed by atoms with Crippen LogP contribution >= 0.6 is 0 Å². The predicted octanol–water partition coefficient (Wildman–Crippen LogP) is 2.54. The van der Waals surface area contributed by atoms with Gasteiger partial charge in [0, 0.05) is 18.3 Å². The Bertz CT molecular complexity index is 564. The van der Waals surface area contributed by atoms with E-state index in [4.69, 9.17) is 14.7 Å². The highest BCUT2D eigenvalue weighted by atomic mass is 16.5. The number of hydrogen-bond donors (Lipinski definition) is 0. The maximum Gasteiger partial charge on any atom is 0.222 e. The lowest BCUT2D eigenvalue weighted by Gasteiger charge is -2.10. The van der Waals surface area contributed by atoms with E-state index in [2.05, 4.69) is 16.0 Å². The van der Waals surface area contributed by atoms with Crippen LogP contribution in [0.15, 0.2) is 36.8 Å². The average Bonchev–Trinajstić information content (AvgIpc) is 2.42. The molecule has 0 N–H and O–H groups in total. The Morgan fingerprint density at radius 3 is 2.83 bits per heavy atom. The Morgan fingerprint density at radius 1 is 1.28 bits per heavy atom. The molecule has 1 aromatic carbocycles. The van der Waals surface area contributed by atoms with Gasteiger partial charge in [-0.3, -0.25) is 0 Å². The van der Waals surface area contributed by atoms with Crippen LogP contribution in [-0.2, 0) is 0 Å². The fraction of sp³-hybridized carbons (Fsp3) is 0.154. The summed E-state index contributed by atoms with van der Waals surface area (Å²) in [4.78, 5) is 7.76. The van der Waals surface area contributed by atoms with Gasteiger partial charge in [0.25, 0.3) is 0 Å². The lowest BCUT2D eigenvalue weighted by Crippen LogP contribution is -1.96. The van der Waals surface area contributed by atoms with Crippen LogP contribution in [0.4, 0.5) is 0 Å². The van der Waals surface area contributed by atoms with E-state index in [0.29, 0.717) is 29.5 Å². The minimum atomic E-state index is 0.404. The van der Waals surface area contributed by atoms with E-state index in [1.54, 1.807) is 30.5 Å². The van der Waals surface area contributed by atoms with Crippen molar-refractivity contribution in [2.75, 3.05) is 6.61 Å². The SMILES string of the molecule is CCOc1ccc(C#N)cc1Oc1ccncn1. The summed E-state index contributed by atoms with van der Waals surface area (Å²) < 4.78 is 11.0. The molecule has 0 fully saturated rings. The third kappa shape index (κ3) is 2.74. The summed E-state index contributed by atoms with van der Waals surface area (Å²) >= 11 is 0. The van der Waals surface area contributed by atoms with E-state index in [9.17, 15) is 0 Å². The van der Waals surface area contributed by atoms with E-state index in [1.165, 1.54) is 6.33 Å². The largest absolute Gasteiger partial charge is 0.490 e. The average molecular weight is 241 g/mol. The molecule has 0 radical (unpaired) electrons. The van der Waals surface area contributed by atoms with Crippen LogP contribution < -0.4 is 9.47 Å². The zero-order valence-electron chi connectivity index (χ0n) is 9.83. The van der Waals surface area contributed by atoms with Gasteiger partial charge >= 0.3 is 0 Å². The molecule has 0 bridgehead atoms.